The van der Waals surface area contributed by atoms with Crippen LogP contribution in [0.4, 0.5) is 0 Å². The molecule has 17 heavy (non-hydrogen) atoms. The van der Waals surface area contributed by atoms with E-state index in [1.165, 1.54) is 0 Å². The van der Waals surface area contributed by atoms with Gasteiger partial charge in [0, 0.05) is 0 Å². The van der Waals surface area contributed by atoms with Crippen LogP contribution in [0.25, 0.3) is 21.0 Å². The summed E-state index contributed by atoms with van der Waals surface area (Å²) in [6, 6.07) is 11.7. The molecule has 1 aromatic carbocycles. The van der Waals surface area contributed by atoms with Gasteiger partial charge in [-0.15, -0.1) is 11.3 Å². The average Bonchev–Trinajstić information content (AvgIpc) is 2.94. The summed E-state index contributed by atoms with van der Waals surface area (Å²) in [5.41, 5.74) is 3.04. The Morgan fingerprint density at radius 1 is 1.24 bits per heavy atom. The number of fused-ring (bicyclic) bond motifs is 1. The normalized spacial score (nSPS) is 11.1. The predicted octanol–water partition coefficient (Wildman–Crippen LogP) is 3.04. The number of hydroxylamine groups is 1. The molecule has 0 unspecified atom stereocenters. The first-order chi connectivity index (χ1) is 8.36. The van der Waals surface area contributed by atoms with E-state index >= 15 is 0 Å². The molecule has 2 aromatic heterocycles. The molecule has 0 bridgehead atoms. The van der Waals surface area contributed by atoms with Crippen LogP contribution in [0.15, 0.2) is 40.8 Å². The van der Waals surface area contributed by atoms with E-state index in [0.717, 1.165) is 21.0 Å². The predicted molar refractivity (Wildman–Crippen MR) is 65.9 cm³/mol. The van der Waals surface area contributed by atoms with Gasteiger partial charge in [0.05, 0.1) is 16.8 Å². The smallest absolute Gasteiger partial charge is 0.163 e. The van der Waals surface area contributed by atoms with Crippen molar-refractivity contribution in [3.05, 3.63) is 42.2 Å². The van der Waals surface area contributed by atoms with Gasteiger partial charge in [-0.2, -0.15) is 5.48 Å². The van der Waals surface area contributed by atoms with Gasteiger partial charge in [-0.05, 0) is 24.3 Å². The van der Waals surface area contributed by atoms with E-state index < -0.39 is 0 Å². The second-order valence-corrected chi connectivity index (χ2v) is 4.62. The summed E-state index contributed by atoms with van der Waals surface area (Å²) in [6.45, 7) is 0.297. The fourth-order valence-corrected chi connectivity index (χ4v) is 2.57. The van der Waals surface area contributed by atoms with Gasteiger partial charge >= 0.3 is 0 Å². The van der Waals surface area contributed by atoms with Gasteiger partial charge in [-0.25, -0.2) is 4.98 Å². The highest BCUT2D eigenvalue weighted by atomic mass is 32.1. The van der Waals surface area contributed by atoms with Gasteiger partial charge in [-0.1, -0.05) is 12.1 Å². The topological polar surface area (TPSA) is 58.3 Å². The summed E-state index contributed by atoms with van der Waals surface area (Å²) in [6.07, 6.45) is 0. The van der Waals surface area contributed by atoms with Gasteiger partial charge < -0.3 is 9.62 Å². The lowest BCUT2D eigenvalue weighted by Gasteiger charge is -1.91. The Morgan fingerprint density at radius 3 is 2.94 bits per heavy atom. The van der Waals surface area contributed by atoms with Crippen LogP contribution in [-0.4, -0.2) is 10.2 Å². The van der Waals surface area contributed by atoms with E-state index in [4.69, 9.17) is 9.62 Å². The number of nitrogens with one attached hydrogen (secondary N) is 1. The second-order valence-electron chi connectivity index (χ2n) is 3.59. The Balaban J connectivity index is 2.01. The van der Waals surface area contributed by atoms with Gasteiger partial charge in [0.2, 0.25) is 0 Å². The third kappa shape index (κ3) is 1.95. The summed E-state index contributed by atoms with van der Waals surface area (Å²) in [7, 11) is 0. The second kappa shape index (κ2) is 4.29. The Morgan fingerprint density at radius 2 is 2.12 bits per heavy atom. The number of hydrogen-bond acceptors (Lipinski definition) is 5. The van der Waals surface area contributed by atoms with Crippen molar-refractivity contribution in [3.8, 4) is 10.8 Å². The summed E-state index contributed by atoms with van der Waals surface area (Å²) >= 11 is 1.59. The highest BCUT2D eigenvalue weighted by Crippen LogP contribution is 2.30. The molecule has 0 fully saturated rings. The van der Waals surface area contributed by atoms with Gasteiger partial charge in [0.25, 0.3) is 0 Å². The van der Waals surface area contributed by atoms with E-state index in [1.54, 1.807) is 11.3 Å². The van der Waals surface area contributed by atoms with Crippen molar-refractivity contribution in [1.29, 1.82) is 0 Å². The molecule has 4 nitrogen and oxygen atoms in total. The van der Waals surface area contributed by atoms with Crippen LogP contribution in [-0.2, 0) is 6.54 Å². The maximum absolute atomic E-state index is 8.59. The number of thiazole rings is 1. The average molecular weight is 246 g/mol. The first kappa shape index (κ1) is 10.5. The Labute approximate surface area is 101 Å². The number of nitrogens with zero attached hydrogens (tertiary/aromatic N) is 1. The van der Waals surface area contributed by atoms with E-state index in [1.807, 2.05) is 36.4 Å². The highest BCUT2D eigenvalue weighted by Gasteiger charge is 2.09. The zero-order chi connectivity index (χ0) is 11.7. The molecule has 0 spiro atoms. The third-order valence-electron chi connectivity index (χ3n) is 2.42. The van der Waals surface area contributed by atoms with Gasteiger partial charge in [-0.3, -0.25) is 0 Å². The fraction of sp³-hybridized carbons (Fsp3) is 0.0833. The molecule has 0 radical (unpaired) electrons. The van der Waals surface area contributed by atoms with Crippen molar-refractivity contribution in [2.75, 3.05) is 0 Å². The minimum atomic E-state index is 0.297. The zero-order valence-electron chi connectivity index (χ0n) is 8.88. The molecule has 0 aliphatic heterocycles. The summed E-state index contributed by atoms with van der Waals surface area (Å²) in [5, 5.41) is 9.45. The van der Waals surface area contributed by atoms with Crippen molar-refractivity contribution in [1.82, 2.24) is 10.5 Å². The maximum Gasteiger partial charge on any atom is 0.163 e. The number of benzene rings is 1. The van der Waals surface area contributed by atoms with Crippen LogP contribution < -0.4 is 5.48 Å². The van der Waals surface area contributed by atoms with Gasteiger partial charge in [0.1, 0.15) is 5.76 Å². The largest absolute Gasteiger partial charge is 0.457 e. The molecule has 0 saturated carbocycles. The minimum Gasteiger partial charge on any atom is -0.457 e. The Kier molecular flexibility index (Phi) is 2.64. The van der Waals surface area contributed by atoms with Crippen molar-refractivity contribution < 1.29 is 9.62 Å². The molecule has 2 N–H and O–H groups in total. The van der Waals surface area contributed by atoms with Crippen LogP contribution in [0.1, 0.15) is 5.76 Å². The summed E-state index contributed by atoms with van der Waals surface area (Å²) < 4.78 is 6.70. The molecule has 3 aromatic rings. The third-order valence-corrected chi connectivity index (χ3v) is 3.47. The molecule has 2 heterocycles. The molecule has 0 atom stereocenters. The van der Waals surface area contributed by atoms with Gasteiger partial charge in [0.15, 0.2) is 10.8 Å². The lowest BCUT2D eigenvalue weighted by Crippen LogP contribution is -2.04. The van der Waals surface area contributed by atoms with Crippen LogP contribution >= 0.6 is 11.3 Å². The van der Waals surface area contributed by atoms with Crippen LogP contribution in [0, 0.1) is 0 Å². The Hall–Kier alpha value is -1.69. The lowest BCUT2D eigenvalue weighted by molar-refractivity contribution is 0.153. The van der Waals surface area contributed by atoms with Crippen LogP contribution in [0.3, 0.4) is 0 Å². The first-order valence-electron chi connectivity index (χ1n) is 5.18. The number of hydrogen-bond donors (Lipinski definition) is 2. The number of aromatic nitrogens is 1. The van der Waals surface area contributed by atoms with E-state index in [0.29, 0.717) is 12.3 Å². The number of furan rings is 1. The minimum absolute atomic E-state index is 0.297. The first-order valence-corrected chi connectivity index (χ1v) is 6.00. The molecule has 0 saturated heterocycles. The Bertz CT molecular complexity index is 612. The monoisotopic (exact) mass is 246 g/mol. The fourth-order valence-electron chi connectivity index (χ4n) is 1.64. The van der Waals surface area contributed by atoms with E-state index in [-0.39, 0.29) is 0 Å². The van der Waals surface area contributed by atoms with Crippen molar-refractivity contribution in [3.63, 3.8) is 0 Å². The maximum atomic E-state index is 8.59. The van der Waals surface area contributed by atoms with E-state index in [9.17, 15) is 0 Å². The van der Waals surface area contributed by atoms with E-state index in [2.05, 4.69) is 10.5 Å². The molecule has 5 heteroatoms. The molecule has 0 aliphatic rings. The van der Waals surface area contributed by atoms with Crippen molar-refractivity contribution in [2.45, 2.75) is 6.54 Å². The SMILES string of the molecule is ONCc1ccc(-c2nc3ccccc3s2)o1. The zero-order valence-corrected chi connectivity index (χ0v) is 9.70. The lowest BCUT2D eigenvalue weighted by atomic mass is 10.3. The highest BCUT2D eigenvalue weighted by molar-refractivity contribution is 7.21. The number of para-hydroxylation sites is 1. The molecule has 86 valence electrons. The summed E-state index contributed by atoms with van der Waals surface area (Å²) in [5.74, 6) is 1.42. The van der Waals surface area contributed by atoms with Crippen molar-refractivity contribution >= 4 is 21.6 Å². The molecule has 3 rings (SSSR count). The van der Waals surface area contributed by atoms with Crippen molar-refractivity contribution in [2.24, 2.45) is 0 Å². The molecule has 0 amide bonds. The molecule has 0 aliphatic carbocycles. The molecular weight excluding hydrogens is 236 g/mol. The standard InChI is InChI=1S/C12H10N2O2S/c15-13-7-8-5-6-10(16-8)12-14-9-3-1-2-4-11(9)17-12/h1-6,13,15H,7H2. The van der Waals surface area contributed by atoms with Crippen LogP contribution in [0.5, 0.6) is 0 Å². The quantitative estimate of drug-likeness (QED) is 0.697. The molecular formula is C12H10N2O2S. The van der Waals surface area contributed by atoms with Crippen LogP contribution in [0.2, 0.25) is 0 Å². The number of rotatable bonds is 3. The summed E-state index contributed by atoms with van der Waals surface area (Å²) in [4.78, 5) is 4.50.